The maximum Gasteiger partial charge on any atom is 0.232 e. The number of fused-ring (bicyclic) bond motifs is 3. The third-order valence-electron chi connectivity index (χ3n) is 5.01. The molecule has 0 spiro atoms. The summed E-state index contributed by atoms with van der Waals surface area (Å²) in [5, 5.41) is 3.04. The van der Waals surface area contributed by atoms with E-state index in [2.05, 4.69) is 5.32 Å². The molecule has 5 heteroatoms. The zero-order valence-electron chi connectivity index (χ0n) is 15.1. The van der Waals surface area contributed by atoms with Crippen molar-refractivity contribution in [2.45, 2.75) is 12.0 Å². The fraction of sp³-hybridized carbons (Fsp3) is 0.174. The number of carbonyl (C=O) groups is 1. The molecule has 2 aliphatic rings. The Bertz CT molecular complexity index is 987. The Hall–Kier alpha value is -3.47. The van der Waals surface area contributed by atoms with Crippen molar-refractivity contribution in [1.29, 1.82) is 0 Å². The van der Waals surface area contributed by atoms with Crippen molar-refractivity contribution in [2.24, 2.45) is 0 Å². The summed E-state index contributed by atoms with van der Waals surface area (Å²) in [5.74, 6) is 2.37. The lowest BCUT2D eigenvalue weighted by molar-refractivity contribution is -0.122. The van der Waals surface area contributed by atoms with Crippen molar-refractivity contribution in [3.63, 3.8) is 0 Å². The molecule has 5 nitrogen and oxygen atoms in total. The van der Waals surface area contributed by atoms with Gasteiger partial charge >= 0.3 is 0 Å². The predicted molar refractivity (Wildman–Crippen MR) is 104 cm³/mol. The van der Waals surface area contributed by atoms with Crippen LogP contribution in [0, 0.1) is 0 Å². The molecule has 0 saturated heterocycles. The monoisotopic (exact) mass is 373 g/mol. The van der Waals surface area contributed by atoms with Crippen LogP contribution in [0.3, 0.4) is 0 Å². The van der Waals surface area contributed by atoms with E-state index >= 15 is 0 Å². The number of amides is 1. The van der Waals surface area contributed by atoms with Crippen LogP contribution >= 0.6 is 0 Å². The summed E-state index contributed by atoms with van der Waals surface area (Å²) in [6.07, 6.45) is -0.232. The summed E-state index contributed by atoms with van der Waals surface area (Å²) in [5.41, 5.74) is 1.73. The SMILES string of the molecule is O=C(NCC1COc2ccccc2O1)C1c2ccccc2Oc2ccccc21. The highest BCUT2D eigenvalue weighted by atomic mass is 16.6. The van der Waals surface area contributed by atoms with Gasteiger partial charge in [0.2, 0.25) is 5.91 Å². The van der Waals surface area contributed by atoms with Crippen molar-refractivity contribution in [1.82, 2.24) is 5.32 Å². The maximum absolute atomic E-state index is 13.1. The molecule has 2 aliphatic heterocycles. The van der Waals surface area contributed by atoms with Crippen LogP contribution in [0.1, 0.15) is 17.0 Å². The normalized spacial score (nSPS) is 17.1. The van der Waals surface area contributed by atoms with Gasteiger partial charge in [-0.1, -0.05) is 48.5 Å². The molecule has 1 atom stereocenters. The average Bonchev–Trinajstić information content (AvgIpc) is 2.75. The molecule has 1 amide bonds. The number of hydrogen-bond acceptors (Lipinski definition) is 4. The van der Waals surface area contributed by atoms with Crippen LogP contribution in [0.4, 0.5) is 0 Å². The summed E-state index contributed by atoms with van der Waals surface area (Å²) in [4.78, 5) is 13.1. The quantitative estimate of drug-likeness (QED) is 0.757. The Morgan fingerprint density at radius 1 is 0.821 bits per heavy atom. The van der Waals surface area contributed by atoms with E-state index in [9.17, 15) is 4.79 Å². The van der Waals surface area contributed by atoms with E-state index in [1.54, 1.807) is 0 Å². The van der Waals surface area contributed by atoms with Gasteiger partial charge in [-0.3, -0.25) is 4.79 Å². The number of benzene rings is 3. The Labute approximate surface area is 162 Å². The van der Waals surface area contributed by atoms with Gasteiger partial charge in [-0.15, -0.1) is 0 Å². The van der Waals surface area contributed by atoms with Gasteiger partial charge in [-0.25, -0.2) is 0 Å². The van der Waals surface area contributed by atoms with Gasteiger partial charge in [0.25, 0.3) is 0 Å². The third-order valence-corrected chi connectivity index (χ3v) is 5.01. The summed E-state index contributed by atoms with van der Waals surface area (Å²) in [6, 6.07) is 22.9. The second-order valence-corrected chi connectivity index (χ2v) is 6.85. The topological polar surface area (TPSA) is 56.8 Å². The highest BCUT2D eigenvalue weighted by molar-refractivity contribution is 5.89. The predicted octanol–water partition coefficient (Wildman–Crippen LogP) is 3.88. The zero-order chi connectivity index (χ0) is 18.9. The highest BCUT2D eigenvalue weighted by Crippen LogP contribution is 2.43. The summed E-state index contributed by atoms with van der Waals surface area (Å²) < 4.78 is 17.6. The molecule has 0 radical (unpaired) electrons. The van der Waals surface area contributed by atoms with Crippen molar-refractivity contribution >= 4 is 5.91 Å². The van der Waals surface area contributed by atoms with E-state index < -0.39 is 5.92 Å². The molecule has 28 heavy (non-hydrogen) atoms. The Morgan fingerprint density at radius 3 is 2.07 bits per heavy atom. The molecule has 0 bridgehead atoms. The number of carbonyl (C=O) groups excluding carboxylic acids is 1. The van der Waals surface area contributed by atoms with Gasteiger partial charge in [0, 0.05) is 11.1 Å². The van der Waals surface area contributed by atoms with E-state index in [4.69, 9.17) is 14.2 Å². The average molecular weight is 373 g/mol. The van der Waals surface area contributed by atoms with Crippen molar-refractivity contribution in [2.75, 3.05) is 13.2 Å². The van der Waals surface area contributed by atoms with Crippen LogP contribution in [0.15, 0.2) is 72.8 Å². The van der Waals surface area contributed by atoms with Crippen LogP contribution in [0.2, 0.25) is 0 Å². The molecule has 0 saturated carbocycles. The van der Waals surface area contributed by atoms with E-state index in [1.807, 2.05) is 72.8 Å². The second kappa shape index (κ2) is 6.93. The minimum Gasteiger partial charge on any atom is -0.486 e. The first-order chi connectivity index (χ1) is 13.8. The third kappa shape index (κ3) is 2.95. The number of hydrogen-bond donors (Lipinski definition) is 1. The molecule has 2 heterocycles. The first kappa shape index (κ1) is 16.7. The molecule has 3 aromatic carbocycles. The zero-order valence-corrected chi connectivity index (χ0v) is 15.1. The molecule has 3 aromatic rings. The van der Waals surface area contributed by atoms with E-state index in [0.717, 1.165) is 16.9 Å². The largest absolute Gasteiger partial charge is 0.486 e. The fourth-order valence-corrected chi connectivity index (χ4v) is 3.67. The van der Waals surface area contributed by atoms with Gasteiger partial charge in [-0.2, -0.15) is 0 Å². The maximum atomic E-state index is 13.1. The molecule has 1 N–H and O–H groups in total. The van der Waals surface area contributed by atoms with Crippen LogP contribution < -0.4 is 19.5 Å². The lowest BCUT2D eigenvalue weighted by Crippen LogP contribution is -2.42. The van der Waals surface area contributed by atoms with Crippen LogP contribution in [0.25, 0.3) is 0 Å². The Kier molecular flexibility index (Phi) is 4.13. The first-order valence-corrected chi connectivity index (χ1v) is 9.31. The smallest absolute Gasteiger partial charge is 0.232 e. The van der Waals surface area contributed by atoms with Crippen LogP contribution in [0.5, 0.6) is 23.0 Å². The van der Waals surface area contributed by atoms with E-state index in [0.29, 0.717) is 30.4 Å². The Balaban J connectivity index is 1.35. The fourth-order valence-electron chi connectivity index (χ4n) is 3.67. The number of nitrogens with one attached hydrogen (secondary N) is 1. The molecule has 1 unspecified atom stereocenters. The number of ether oxygens (including phenoxy) is 3. The molecule has 140 valence electrons. The van der Waals surface area contributed by atoms with Gasteiger partial charge < -0.3 is 19.5 Å². The van der Waals surface area contributed by atoms with Crippen LogP contribution in [-0.2, 0) is 4.79 Å². The van der Waals surface area contributed by atoms with Crippen molar-refractivity contribution in [3.8, 4) is 23.0 Å². The lowest BCUT2D eigenvalue weighted by atomic mass is 9.87. The molecule has 0 aromatic heterocycles. The van der Waals surface area contributed by atoms with Gasteiger partial charge in [0.15, 0.2) is 11.5 Å². The molecular formula is C23H19NO4. The summed E-state index contributed by atoms with van der Waals surface area (Å²) in [7, 11) is 0. The molecular weight excluding hydrogens is 354 g/mol. The van der Waals surface area contributed by atoms with E-state index in [1.165, 1.54) is 0 Å². The van der Waals surface area contributed by atoms with Gasteiger partial charge in [-0.05, 0) is 24.3 Å². The molecule has 5 rings (SSSR count). The first-order valence-electron chi connectivity index (χ1n) is 9.31. The summed E-state index contributed by atoms with van der Waals surface area (Å²) >= 11 is 0. The summed E-state index contributed by atoms with van der Waals surface area (Å²) in [6.45, 7) is 0.771. The van der Waals surface area contributed by atoms with Crippen molar-refractivity contribution in [3.05, 3.63) is 83.9 Å². The molecule has 0 aliphatic carbocycles. The number of para-hydroxylation sites is 4. The highest BCUT2D eigenvalue weighted by Gasteiger charge is 2.33. The van der Waals surface area contributed by atoms with E-state index in [-0.39, 0.29) is 12.0 Å². The number of rotatable bonds is 3. The van der Waals surface area contributed by atoms with Gasteiger partial charge in [0.1, 0.15) is 24.2 Å². The van der Waals surface area contributed by atoms with Gasteiger partial charge in [0.05, 0.1) is 12.5 Å². The lowest BCUT2D eigenvalue weighted by Gasteiger charge is -2.29. The molecule has 0 fully saturated rings. The Morgan fingerprint density at radius 2 is 1.39 bits per heavy atom. The van der Waals surface area contributed by atoms with Crippen molar-refractivity contribution < 1.29 is 19.0 Å². The standard InChI is InChI=1S/C23H19NO4/c25-23(24-13-15-14-26-20-11-5-6-12-21(20)27-15)22-16-7-1-3-9-18(16)28-19-10-4-2-8-17(19)22/h1-12,15,22H,13-14H2,(H,24,25). The minimum atomic E-state index is -0.419. The minimum absolute atomic E-state index is 0.0781. The second-order valence-electron chi connectivity index (χ2n) is 6.85. The van der Waals surface area contributed by atoms with Crippen LogP contribution in [-0.4, -0.2) is 25.2 Å².